The molecule has 0 unspecified atom stereocenters. The van der Waals surface area contributed by atoms with Crippen molar-refractivity contribution >= 4 is 7.44 Å². The van der Waals surface area contributed by atoms with Gasteiger partial charge in [-0.25, -0.2) is 9.34 Å². The Hall–Kier alpha value is -1.53. The lowest BCUT2D eigenvalue weighted by Gasteiger charge is -2.47. The van der Waals surface area contributed by atoms with Gasteiger partial charge in [-0.2, -0.15) is 0 Å². The molecular formula is C24H39N2O2P. The van der Waals surface area contributed by atoms with Crippen molar-refractivity contribution in [2.75, 3.05) is 13.3 Å². The summed E-state index contributed by atoms with van der Waals surface area (Å²) in [4.78, 5) is 0. The molecule has 0 aliphatic carbocycles. The third kappa shape index (κ3) is 6.75. The highest BCUT2D eigenvalue weighted by atomic mass is 31.2. The number of hydrogen-bond acceptors (Lipinski definition) is 2. The fourth-order valence-electron chi connectivity index (χ4n) is 4.04. The summed E-state index contributed by atoms with van der Waals surface area (Å²) in [6, 6.07) is 8.23. The zero-order chi connectivity index (χ0) is 22.4. The first-order valence-corrected chi connectivity index (χ1v) is 12.2. The van der Waals surface area contributed by atoms with E-state index < -0.39 is 7.44 Å². The number of allylic oxidation sites excluding steroid dienone is 1. The van der Waals surface area contributed by atoms with Gasteiger partial charge in [0.1, 0.15) is 5.75 Å². The summed E-state index contributed by atoms with van der Waals surface area (Å²) in [5, 5.41) is 0. The summed E-state index contributed by atoms with van der Waals surface area (Å²) >= 11 is 0. The Morgan fingerprint density at radius 1 is 0.931 bits per heavy atom. The van der Waals surface area contributed by atoms with Crippen LogP contribution in [-0.2, 0) is 4.57 Å². The minimum absolute atomic E-state index is 0.156. The van der Waals surface area contributed by atoms with E-state index in [1.807, 2.05) is 24.3 Å². The molecule has 0 N–H and O–H groups in total. The van der Waals surface area contributed by atoms with Crippen molar-refractivity contribution in [3.05, 3.63) is 42.0 Å². The lowest BCUT2D eigenvalue weighted by atomic mass is 10.2. The van der Waals surface area contributed by atoms with Crippen LogP contribution < -0.4 is 4.74 Å². The van der Waals surface area contributed by atoms with E-state index in [0.29, 0.717) is 11.7 Å². The standard InChI is InChI=1S/C24H39N2O2P/c1-18(2)25(19(3)4)29(27,26(20(5)6)21(7)8)17-22(9)11-12-23-13-15-24(28-10)16-14-23/h13-16,18-21H,9,17H2,1-8,10H3. The third-order valence-corrected chi connectivity index (χ3v) is 8.79. The van der Waals surface area contributed by atoms with Gasteiger partial charge in [-0.1, -0.05) is 18.4 Å². The predicted molar refractivity (Wildman–Crippen MR) is 126 cm³/mol. The number of nitrogens with zero attached hydrogens (tertiary/aromatic N) is 2. The molecule has 0 fully saturated rings. The topological polar surface area (TPSA) is 32.8 Å². The molecule has 0 amide bonds. The Bertz CT molecular complexity index is 730. The van der Waals surface area contributed by atoms with E-state index in [9.17, 15) is 4.57 Å². The van der Waals surface area contributed by atoms with Crippen molar-refractivity contribution in [2.45, 2.75) is 79.6 Å². The quantitative estimate of drug-likeness (QED) is 0.362. The van der Waals surface area contributed by atoms with E-state index in [0.717, 1.165) is 11.3 Å². The van der Waals surface area contributed by atoms with Crippen LogP contribution in [0, 0.1) is 11.8 Å². The summed E-state index contributed by atoms with van der Waals surface area (Å²) in [5.74, 6) is 7.10. The van der Waals surface area contributed by atoms with Crippen molar-refractivity contribution in [3.63, 3.8) is 0 Å². The largest absolute Gasteiger partial charge is 0.497 e. The van der Waals surface area contributed by atoms with Crippen molar-refractivity contribution < 1.29 is 9.30 Å². The van der Waals surface area contributed by atoms with Crippen LogP contribution in [0.2, 0.25) is 0 Å². The van der Waals surface area contributed by atoms with Crippen LogP contribution in [0.4, 0.5) is 0 Å². The normalized spacial score (nSPS) is 12.2. The molecule has 4 nitrogen and oxygen atoms in total. The first-order chi connectivity index (χ1) is 13.4. The fourth-order valence-corrected chi connectivity index (χ4v) is 8.07. The molecule has 0 heterocycles. The molecule has 0 bridgehead atoms. The molecule has 0 aliphatic heterocycles. The van der Waals surface area contributed by atoms with E-state index in [1.54, 1.807) is 7.11 Å². The van der Waals surface area contributed by atoms with E-state index in [2.05, 4.69) is 83.2 Å². The summed E-state index contributed by atoms with van der Waals surface area (Å²) in [7, 11) is -1.27. The molecule has 29 heavy (non-hydrogen) atoms. The molecule has 162 valence electrons. The highest BCUT2D eigenvalue weighted by molar-refractivity contribution is 7.59. The van der Waals surface area contributed by atoms with Crippen LogP contribution in [-0.4, -0.2) is 46.8 Å². The van der Waals surface area contributed by atoms with E-state index in [4.69, 9.17) is 4.74 Å². The molecule has 0 saturated heterocycles. The number of ether oxygens (including phenoxy) is 1. The maximum absolute atomic E-state index is 14.6. The average molecular weight is 419 g/mol. The second-order valence-electron chi connectivity index (χ2n) is 8.54. The molecule has 0 atom stereocenters. The monoisotopic (exact) mass is 418 g/mol. The predicted octanol–water partition coefficient (Wildman–Crippen LogP) is 6.03. The van der Waals surface area contributed by atoms with Crippen molar-refractivity contribution in [3.8, 4) is 17.6 Å². The van der Waals surface area contributed by atoms with Gasteiger partial charge < -0.3 is 4.74 Å². The number of hydrogen-bond donors (Lipinski definition) is 0. The number of methoxy groups -OCH3 is 1. The Balaban J connectivity index is 3.28. The van der Waals surface area contributed by atoms with Gasteiger partial charge >= 0.3 is 0 Å². The first kappa shape index (κ1) is 25.5. The summed E-state index contributed by atoms with van der Waals surface area (Å²) in [6.45, 7) is 21.0. The van der Waals surface area contributed by atoms with E-state index in [-0.39, 0.29) is 24.2 Å². The second kappa shape index (κ2) is 11.0. The Kier molecular flexibility index (Phi) is 9.69. The van der Waals surface area contributed by atoms with Gasteiger partial charge in [-0.3, -0.25) is 4.57 Å². The highest BCUT2D eigenvalue weighted by Crippen LogP contribution is 2.58. The Morgan fingerprint density at radius 3 is 1.69 bits per heavy atom. The molecule has 5 heteroatoms. The molecular weight excluding hydrogens is 379 g/mol. The minimum Gasteiger partial charge on any atom is -0.497 e. The molecule has 1 aromatic carbocycles. The SMILES string of the molecule is C=C(C#Cc1ccc(OC)cc1)CP(=O)(N(C(C)C)C(C)C)N(C(C)C)C(C)C. The first-order valence-electron chi connectivity index (χ1n) is 10.4. The molecule has 1 rings (SSSR count). The zero-order valence-corrected chi connectivity index (χ0v) is 20.6. The maximum atomic E-state index is 14.6. The fraction of sp³-hybridized carbons (Fsp3) is 0.583. The van der Waals surface area contributed by atoms with Crippen LogP contribution in [0.15, 0.2) is 36.4 Å². The molecule has 0 saturated carbocycles. The maximum Gasteiger partial charge on any atom is 0.222 e. The molecule has 0 aliphatic rings. The van der Waals surface area contributed by atoms with E-state index >= 15 is 0 Å². The van der Waals surface area contributed by atoms with Crippen LogP contribution in [0.1, 0.15) is 61.0 Å². The van der Waals surface area contributed by atoms with Gasteiger partial charge in [-0.15, -0.1) is 0 Å². The van der Waals surface area contributed by atoms with Crippen molar-refractivity contribution in [1.29, 1.82) is 0 Å². The van der Waals surface area contributed by atoms with Gasteiger partial charge in [0, 0.05) is 35.3 Å². The van der Waals surface area contributed by atoms with Gasteiger partial charge in [0.05, 0.1) is 13.3 Å². The summed E-state index contributed by atoms with van der Waals surface area (Å²) in [6.07, 6.45) is 0.364. The van der Waals surface area contributed by atoms with Gasteiger partial charge in [0.25, 0.3) is 0 Å². The molecule has 1 aromatic rings. The van der Waals surface area contributed by atoms with Crippen molar-refractivity contribution in [2.24, 2.45) is 0 Å². The highest BCUT2D eigenvalue weighted by Gasteiger charge is 2.42. The van der Waals surface area contributed by atoms with Gasteiger partial charge in [-0.05, 0) is 79.7 Å². The van der Waals surface area contributed by atoms with Crippen LogP contribution >= 0.6 is 7.44 Å². The Labute approximate surface area is 178 Å². The lowest BCUT2D eigenvalue weighted by Crippen LogP contribution is -2.46. The van der Waals surface area contributed by atoms with Gasteiger partial charge in [0.2, 0.25) is 7.44 Å². The van der Waals surface area contributed by atoms with Gasteiger partial charge in [0.15, 0.2) is 0 Å². The van der Waals surface area contributed by atoms with Crippen LogP contribution in [0.3, 0.4) is 0 Å². The minimum atomic E-state index is -2.91. The molecule has 0 spiro atoms. The number of benzene rings is 1. The Morgan fingerprint density at radius 2 is 1.34 bits per heavy atom. The zero-order valence-electron chi connectivity index (χ0n) is 19.7. The van der Waals surface area contributed by atoms with Crippen LogP contribution in [0.25, 0.3) is 0 Å². The second-order valence-corrected chi connectivity index (χ2v) is 11.1. The molecule has 0 aromatic heterocycles. The smallest absolute Gasteiger partial charge is 0.222 e. The van der Waals surface area contributed by atoms with E-state index in [1.165, 1.54) is 0 Å². The van der Waals surface area contributed by atoms with Crippen molar-refractivity contribution in [1.82, 2.24) is 9.34 Å². The summed E-state index contributed by atoms with van der Waals surface area (Å²) in [5.41, 5.74) is 1.58. The third-order valence-electron chi connectivity index (χ3n) is 4.71. The average Bonchev–Trinajstić information content (AvgIpc) is 2.58. The summed E-state index contributed by atoms with van der Waals surface area (Å²) < 4.78 is 24.1. The van der Waals surface area contributed by atoms with Crippen LogP contribution in [0.5, 0.6) is 5.75 Å². The number of rotatable bonds is 9. The molecule has 0 radical (unpaired) electrons. The lowest BCUT2D eigenvalue weighted by molar-refractivity contribution is 0.226.